The van der Waals surface area contributed by atoms with Crippen LogP contribution in [0.15, 0.2) is 77.9 Å². The summed E-state index contributed by atoms with van der Waals surface area (Å²) in [5.41, 5.74) is 13.6. The van der Waals surface area contributed by atoms with E-state index in [0.717, 1.165) is 22.9 Å². The van der Waals surface area contributed by atoms with Crippen LogP contribution in [0.1, 0.15) is 30.5 Å². The fourth-order valence-corrected chi connectivity index (χ4v) is 4.11. The van der Waals surface area contributed by atoms with E-state index in [9.17, 15) is 13.2 Å². The van der Waals surface area contributed by atoms with Gasteiger partial charge in [-0.1, -0.05) is 60.2 Å². The quantitative estimate of drug-likeness (QED) is 0.424. The molecule has 4 N–H and O–H groups in total. The summed E-state index contributed by atoms with van der Waals surface area (Å²) in [6.07, 6.45) is 0.670. The van der Waals surface area contributed by atoms with Crippen LogP contribution in [0.3, 0.4) is 0 Å². The number of carbonyl (C=O) groups is 1. The zero-order valence-corrected chi connectivity index (χ0v) is 23.1. The third-order valence-corrected chi connectivity index (χ3v) is 7.04. The molecule has 0 radical (unpaired) electrons. The van der Waals surface area contributed by atoms with Gasteiger partial charge in [-0.3, -0.25) is 14.5 Å². The van der Waals surface area contributed by atoms with Crippen molar-refractivity contribution < 1.29 is 17.9 Å². The van der Waals surface area contributed by atoms with Crippen molar-refractivity contribution in [3.63, 3.8) is 0 Å². The molecule has 1 amide bonds. The summed E-state index contributed by atoms with van der Waals surface area (Å²) >= 11 is 0. The van der Waals surface area contributed by atoms with Gasteiger partial charge < -0.3 is 15.8 Å². The van der Waals surface area contributed by atoms with E-state index in [1.807, 2.05) is 48.5 Å². The molecule has 4 rings (SSSR count). The predicted octanol–water partition coefficient (Wildman–Crippen LogP) is 3.34. The molecule has 0 bridgehead atoms. The van der Waals surface area contributed by atoms with Gasteiger partial charge in [-0.2, -0.15) is 0 Å². The van der Waals surface area contributed by atoms with E-state index in [-0.39, 0.29) is 11.9 Å². The molecule has 0 aliphatic carbocycles. The molecule has 1 aliphatic heterocycles. The maximum Gasteiger partial charge on any atom is 0.240 e. The number of aryl methyl sites for hydroxylation is 1. The molecular weight excluding hydrogens is 502 g/mol. The number of benzene rings is 3. The van der Waals surface area contributed by atoms with Crippen molar-refractivity contribution in [1.82, 2.24) is 10.7 Å². The Morgan fingerprint density at radius 2 is 1.74 bits per heavy atom. The van der Waals surface area contributed by atoms with E-state index >= 15 is 0 Å². The van der Waals surface area contributed by atoms with Crippen LogP contribution < -0.4 is 20.8 Å². The molecule has 0 spiro atoms. The zero-order valence-electron chi connectivity index (χ0n) is 22.3. The van der Waals surface area contributed by atoms with Gasteiger partial charge >= 0.3 is 0 Å². The van der Waals surface area contributed by atoms with E-state index in [1.165, 1.54) is 23.8 Å². The topological polar surface area (TPSA) is 126 Å². The highest BCUT2D eigenvalue weighted by atomic mass is 32.2. The van der Waals surface area contributed by atoms with E-state index in [0.29, 0.717) is 23.7 Å². The van der Waals surface area contributed by atoms with E-state index in [4.69, 9.17) is 10.5 Å². The molecule has 3 aromatic carbocycles. The number of hydrazone groups is 1. The van der Waals surface area contributed by atoms with Crippen molar-refractivity contribution in [1.29, 1.82) is 0 Å². The maximum atomic E-state index is 12.2. The monoisotopic (exact) mass is 537 g/mol. The van der Waals surface area contributed by atoms with Gasteiger partial charge in [0, 0.05) is 26.1 Å². The standard InChI is InChI=1S/C21H27N5O4S.C7H8/c1-13(22)20-24-25-21(30-20)17-9-16(10-18(11-17)26(3)31(4,28)29)19-8-6-5-7-15(19)12-23-14(2)27;1-7-5-3-2-4-6-7/h5-11,13,20,24H,12,22H2,1-4H3,(H,23,27);2-6H,1H3. The average molecular weight is 538 g/mol. The number of rotatable bonds is 7. The summed E-state index contributed by atoms with van der Waals surface area (Å²) in [7, 11) is -2.00. The normalized spacial score (nSPS) is 15.2. The van der Waals surface area contributed by atoms with E-state index < -0.39 is 16.3 Å². The highest BCUT2D eigenvalue weighted by Crippen LogP contribution is 2.31. The molecule has 0 saturated carbocycles. The highest BCUT2D eigenvalue weighted by molar-refractivity contribution is 7.92. The number of hydrogen-bond donors (Lipinski definition) is 3. The minimum absolute atomic E-state index is 0.136. The largest absolute Gasteiger partial charge is 0.449 e. The molecule has 2 unspecified atom stereocenters. The van der Waals surface area contributed by atoms with E-state index in [2.05, 4.69) is 34.9 Å². The molecule has 0 fully saturated rings. The number of anilines is 1. The van der Waals surface area contributed by atoms with Crippen LogP contribution >= 0.6 is 0 Å². The molecule has 1 heterocycles. The fourth-order valence-electron chi connectivity index (χ4n) is 3.63. The Balaban J connectivity index is 0.000000494. The van der Waals surface area contributed by atoms with Crippen molar-refractivity contribution in [3.8, 4) is 11.1 Å². The Labute approximate surface area is 224 Å². The van der Waals surface area contributed by atoms with Gasteiger partial charge in [-0.15, -0.1) is 5.10 Å². The zero-order chi connectivity index (χ0) is 27.9. The van der Waals surface area contributed by atoms with Gasteiger partial charge in [-0.05, 0) is 48.7 Å². The summed E-state index contributed by atoms with van der Waals surface area (Å²) in [6, 6.07) is 22.9. The predicted molar refractivity (Wildman–Crippen MR) is 152 cm³/mol. The molecule has 2 atom stereocenters. The Hall–Kier alpha value is -3.89. The Kier molecular flexibility index (Phi) is 9.49. The Morgan fingerprint density at radius 3 is 2.29 bits per heavy atom. The third-order valence-electron chi connectivity index (χ3n) is 5.83. The third kappa shape index (κ3) is 7.80. The summed E-state index contributed by atoms with van der Waals surface area (Å²) in [5, 5.41) is 7.03. The van der Waals surface area contributed by atoms with Crippen molar-refractivity contribution in [2.45, 2.75) is 39.6 Å². The van der Waals surface area contributed by atoms with Gasteiger partial charge in [0.05, 0.1) is 18.0 Å². The van der Waals surface area contributed by atoms with Crippen LogP contribution in [-0.2, 0) is 26.1 Å². The van der Waals surface area contributed by atoms with Crippen molar-refractivity contribution in [3.05, 3.63) is 89.5 Å². The molecule has 3 aromatic rings. The molecule has 0 saturated heterocycles. The number of nitrogens with zero attached hydrogens (tertiary/aromatic N) is 2. The number of nitrogens with two attached hydrogens (primary N) is 1. The lowest BCUT2D eigenvalue weighted by Crippen LogP contribution is -2.39. The van der Waals surface area contributed by atoms with Gasteiger partial charge in [0.1, 0.15) is 0 Å². The maximum absolute atomic E-state index is 12.2. The minimum Gasteiger partial charge on any atom is -0.449 e. The second kappa shape index (κ2) is 12.6. The summed E-state index contributed by atoms with van der Waals surface area (Å²) in [4.78, 5) is 11.4. The minimum atomic E-state index is -3.49. The first-order chi connectivity index (χ1) is 18.0. The van der Waals surface area contributed by atoms with Crippen molar-refractivity contribution >= 4 is 27.5 Å². The van der Waals surface area contributed by atoms with Gasteiger partial charge in [0.25, 0.3) is 0 Å². The molecule has 9 nitrogen and oxygen atoms in total. The number of hydrogen-bond acceptors (Lipinski definition) is 7. The number of nitrogens with one attached hydrogen (secondary N) is 2. The second-order valence-electron chi connectivity index (χ2n) is 9.16. The molecule has 10 heteroatoms. The van der Waals surface area contributed by atoms with Crippen LogP contribution in [0, 0.1) is 6.92 Å². The smallest absolute Gasteiger partial charge is 0.240 e. The van der Waals surface area contributed by atoms with Crippen LogP contribution in [0.25, 0.3) is 11.1 Å². The number of amides is 1. The van der Waals surface area contributed by atoms with Crippen LogP contribution in [0.4, 0.5) is 5.69 Å². The van der Waals surface area contributed by atoms with Gasteiger partial charge in [0.15, 0.2) is 0 Å². The number of carbonyl (C=O) groups excluding carboxylic acids is 1. The van der Waals surface area contributed by atoms with Crippen LogP contribution in [0.5, 0.6) is 0 Å². The van der Waals surface area contributed by atoms with Crippen molar-refractivity contribution in [2.75, 3.05) is 17.6 Å². The van der Waals surface area contributed by atoms with Crippen LogP contribution in [-0.4, -0.2) is 45.8 Å². The van der Waals surface area contributed by atoms with Gasteiger partial charge in [-0.25, -0.2) is 8.42 Å². The lowest BCUT2D eigenvalue weighted by Gasteiger charge is -2.20. The number of sulfonamides is 1. The first-order valence-corrected chi connectivity index (χ1v) is 14.0. The highest BCUT2D eigenvalue weighted by Gasteiger charge is 2.25. The van der Waals surface area contributed by atoms with Gasteiger partial charge in [0.2, 0.25) is 28.1 Å². The molecular formula is C28H35N5O4S. The van der Waals surface area contributed by atoms with E-state index in [1.54, 1.807) is 19.1 Å². The lowest BCUT2D eigenvalue weighted by atomic mass is 9.97. The lowest BCUT2D eigenvalue weighted by molar-refractivity contribution is -0.119. The number of ether oxygens (including phenoxy) is 1. The summed E-state index contributed by atoms with van der Waals surface area (Å²) in [6.45, 7) is 5.69. The Morgan fingerprint density at radius 1 is 1.11 bits per heavy atom. The Bertz CT molecular complexity index is 1390. The summed E-state index contributed by atoms with van der Waals surface area (Å²) in [5.74, 6) is 0.189. The van der Waals surface area contributed by atoms with Crippen LogP contribution in [0.2, 0.25) is 0 Å². The SMILES string of the molecule is CC(=O)NCc1ccccc1-c1cc(C2=NNC(C(C)N)O2)cc(N(C)S(C)(=O)=O)c1.Cc1ccccc1. The first-order valence-electron chi connectivity index (χ1n) is 12.1. The van der Waals surface area contributed by atoms with Crippen molar-refractivity contribution in [2.24, 2.45) is 10.8 Å². The first kappa shape index (κ1) is 28.7. The average Bonchev–Trinajstić information content (AvgIpc) is 3.38. The molecule has 1 aliphatic rings. The fraction of sp³-hybridized carbons (Fsp3) is 0.286. The summed E-state index contributed by atoms with van der Waals surface area (Å²) < 4.78 is 31.4. The molecule has 0 aromatic heterocycles. The molecule has 202 valence electrons. The molecule has 38 heavy (non-hydrogen) atoms. The second-order valence-corrected chi connectivity index (χ2v) is 11.2.